The van der Waals surface area contributed by atoms with Crippen molar-refractivity contribution in [2.45, 2.75) is 0 Å². The lowest BCUT2D eigenvalue weighted by Gasteiger charge is -2.00. The average Bonchev–Trinajstić information content (AvgIpc) is 2.85. The van der Waals surface area contributed by atoms with Crippen LogP contribution in [0, 0.1) is 0 Å². The van der Waals surface area contributed by atoms with Gasteiger partial charge < -0.3 is 10.4 Å². The Bertz CT molecular complexity index is 474. The second kappa shape index (κ2) is 4.04. The highest BCUT2D eigenvalue weighted by atomic mass is 32.1. The predicted octanol–water partition coefficient (Wildman–Crippen LogP) is 3.22. The summed E-state index contributed by atoms with van der Waals surface area (Å²) in [7, 11) is 1.73. The van der Waals surface area contributed by atoms with Crippen molar-refractivity contribution in [1.29, 1.82) is 0 Å². The van der Waals surface area contributed by atoms with Crippen LogP contribution in [0.1, 0.15) is 10.4 Å². The number of carboxylic acid groups (broad SMARTS) is 1. The number of nitrogens with one attached hydrogen (secondary N) is 1. The summed E-state index contributed by atoms with van der Waals surface area (Å²) in [6.07, 6.45) is 0. The maximum absolute atomic E-state index is 11.1. The van der Waals surface area contributed by atoms with Crippen LogP contribution in [-0.2, 0) is 0 Å². The minimum absolute atomic E-state index is 0.366. The Balaban J connectivity index is 2.58. The number of rotatable bonds is 3. The summed E-state index contributed by atoms with van der Waals surface area (Å²) in [6.45, 7) is 0. The second-order valence-corrected chi connectivity index (χ2v) is 4.71. The molecule has 0 aliphatic heterocycles. The molecular formula is C10H9NO2S2. The molecule has 5 heteroatoms. The van der Waals surface area contributed by atoms with E-state index < -0.39 is 5.97 Å². The van der Waals surface area contributed by atoms with Crippen molar-refractivity contribution in [3.8, 4) is 9.75 Å². The van der Waals surface area contributed by atoms with Gasteiger partial charge in [-0.15, -0.1) is 22.7 Å². The van der Waals surface area contributed by atoms with Gasteiger partial charge in [0.1, 0.15) is 5.56 Å². The maximum atomic E-state index is 11.1. The van der Waals surface area contributed by atoms with E-state index in [1.807, 2.05) is 22.9 Å². The Morgan fingerprint density at radius 1 is 1.47 bits per heavy atom. The van der Waals surface area contributed by atoms with E-state index in [1.54, 1.807) is 18.4 Å². The number of hydrogen-bond donors (Lipinski definition) is 2. The van der Waals surface area contributed by atoms with Gasteiger partial charge in [0.05, 0.1) is 10.6 Å². The first-order chi connectivity index (χ1) is 7.24. The molecule has 0 radical (unpaired) electrons. The zero-order valence-electron chi connectivity index (χ0n) is 7.98. The Morgan fingerprint density at radius 2 is 2.27 bits per heavy atom. The third kappa shape index (κ3) is 1.75. The summed E-state index contributed by atoms with van der Waals surface area (Å²) in [4.78, 5) is 12.9. The van der Waals surface area contributed by atoms with Gasteiger partial charge in [0, 0.05) is 17.3 Å². The maximum Gasteiger partial charge on any atom is 0.339 e. The SMILES string of the molecule is CNc1csc(-c2cccs2)c1C(=O)O. The average molecular weight is 239 g/mol. The molecule has 2 aromatic heterocycles. The highest BCUT2D eigenvalue weighted by Gasteiger charge is 2.19. The van der Waals surface area contributed by atoms with Crippen LogP contribution in [0.25, 0.3) is 9.75 Å². The van der Waals surface area contributed by atoms with Gasteiger partial charge in [-0.3, -0.25) is 0 Å². The monoisotopic (exact) mass is 239 g/mol. The molecule has 0 atom stereocenters. The van der Waals surface area contributed by atoms with E-state index >= 15 is 0 Å². The van der Waals surface area contributed by atoms with Gasteiger partial charge in [-0.25, -0.2) is 4.79 Å². The van der Waals surface area contributed by atoms with E-state index in [-0.39, 0.29) is 0 Å². The molecule has 15 heavy (non-hydrogen) atoms. The lowest BCUT2D eigenvalue weighted by atomic mass is 10.2. The highest BCUT2D eigenvalue weighted by molar-refractivity contribution is 7.21. The largest absolute Gasteiger partial charge is 0.478 e. The molecule has 0 amide bonds. The van der Waals surface area contributed by atoms with E-state index in [0.717, 1.165) is 9.75 Å². The van der Waals surface area contributed by atoms with Crippen LogP contribution >= 0.6 is 22.7 Å². The van der Waals surface area contributed by atoms with Gasteiger partial charge in [-0.2, -0.15) is 0 Å². The topological polar surface area (TPSA) is 49.3 Å². The standard InChI is InChI=1S/C10H9NO2S2/c1-11-6-5-15-9(8(6)10(12)13)7-3-2-4-14-7/h2-5,11H,1H3,(H,12,13). The molecule has 0 saturated heterocycles. The first-order valence-corrected chi connectivity index (χ1v) is 6.06. The van der Waals surface area contributed by atoms with Gasteiger partial charge in [0.2, 0.25) is 0 Å². The van der Waals surface area contributed by atoms with Crippen molar-refractivity contribution in [3.63, 3.8) is 0 Å². The van der Waals surface area contributed by atoms with E-state index in [2.05, 4.69) is 5.32 Å². The summed E-state index contributed by atoms with van der Waals surface area (Å²) >= 11 is 3.00. The third-order valence-electron chi connectivity index (χ3n) is 2.02. The fourth-order valence-electron chi connectivity index (χ4n) is 1.34. The molecule has 0 aliphatic carbocycles. The number of anilines is 1. The van der Waals surface area contributed by atoms with Crippen LogP contribution in [0.5, 0.6) is 0 Å². The van der Waals surface area contributed by atoms with Gasteiger partial charge >= 0.3 is 5.97 Å². The highest BCUT2D eigenvalue weighted by Crippen LogP contribution is 2.37. The van der Waals surface area contributed by atoms with Gasteiger partial charge in [0.15, 0.2) is 0 Å². The number of carboxylic acids is 1. The zero-order valence-corrected chi connectivity index (χ0v) is 9.61. The summed E-state index contributed by atoms with van der Waals surface area (Å²) < 4.78 is 0. The summed E-state index contributed by atoms with van der Waals surface area (Å²) in [5, 5.41) is 15.8. The molecule has 2 heterocycles. The molecule has 78 valence electrons. The summed E-state index contributed by atoms with van der Waals surface area (Å²) in [5.41, 5.74) is 1.04. The minimum Gasteiger partial charge on any atom is -0.478 e. The Morgan fingerprint density at radius 3 is 2.80 bits per heavy atom. The van der Waals surface area contributed by atoms with E-state index in [4.69, 9.17) is 5.11 Å². The van der Waals surface area contributed by atoms with Crippen LogP contribution in [0.4, 0.5) is 5.69 Å². The van der Waals surface area contributed by atoms with Crippen molar-refractivity contribution >= 4 is 34.3 Å². The fraction of sp³-hybridized carbons (Fsp3) is 0.100. The molecule has 0 unspecified atom stereocenters. The number of hydrogen-bond acceptors (Lipinski definition) is 4. The molecule has 0 aliphatic rings. The van der Waals surface area contributed by atoms with Gasteiger partial charge in [0.25, 0.3) is 0 Å². The molecular weight excluding hydrogens is 230 g/mol. The summed E-state index contributed by atoms with van der Waals surface area (Å²) in [6, 6.07) is 3.85. The molecule has 0 saturated carbocycles. The Labute approximate surface area is 95.0 Å². The normalized spacial score (nSPS) is 10.2. The van der Waals surface area contributed by atoms with Gasteiger partial charge in [-0.1, -0.05) is 6.07 Å². The second-order valence-electron chi connectivity index (χ2n) is 2.89. The van der Waals surface area contributed by atoms with E-state index in [1.165, 1.54) is 11.3 Å². The lowest BCUT2D eigenvalue weighted by molar-refractivity contribution is 0.0699. The number of aromatic carboxylic acids is 1. The first-order valence-electron chi connectivity index (χ1n) is 4.30. The molecule has 0 fully saturated rings. The van der Waals surface area contributed by atoms with Crippen molar-refractivity contribution in [1.82, 2.24) is 0 Å². The predicted molar refractivity (Wildman–Crippen MR) is 64.1 cm³/mol. The van der Waals surface area contributed by atoms with Crippen molar-refractivity contribution in [2.24, 2.45) is 0 Å². The quantitative estimate of drug-likeness (QED) is 0.864. The Kier molecular flexibility index (Phi) is 2.75. The smallest absolute Gasteiger partial charge is 0.339 e. The Hall–Kier alpha value is -1.33. The molecule has 2 aromatic rings. The van der Waals surface area contributed by atoms with Crippen LogP contribution in [-0.4, -0.2) is 18.1 Å². The molecule has 3 nitrogen and oxygen atoms in total. The van der Waals surface area contributed by atoms with Crippen LogP contribution < -0.4 is 5.32 Å². The van der Waals surface area contributed by atoms with Gasteiger partial charge in [-0.05, 0) is 11.4 Å². The molecule has 0 spiro atoms. The van der Waals surface area contributed by atoms with Crippen molar-refractivity contribution < 1.29 is 9.90 Å². The first kappa shape index (κ1) is 10.2. The van der Waals surface area contributed by atoms with Crippen molar-refractivity contribution in [3.05, 3.63) is 28.5 Å². The lowest BCUT2D eigenvalue weighted by Crippen LogP contribution is -2.00. The van der Waals surface area contributed by atoms with E-state index in [0.29, 0.717) is 11.3 Å². The summed E-state index contributed by atoms with van der Waals surface area (Å²) in [5.74, 6) is -0.885. The van der Waals surface area contributed by atoms with Crippen molar-refractivity contribution in [2.75, 3.05) is 12.4 Å². The van der Waals surface area contributed by atoms with E-state index in [9.17, 15) is 4.79 Å². The molecule has 2 N–H and O–H groups in total. The number of carbonyl (C=O) groups is 1. The molecule has 0 bridgehead atoms. The minimum atomic E-state index is -0.885. The van der Waals surface area contributed by atoms with Crippen LogP contribution in [0.2, 0.25) is 0 Å². The van der Waals surface area contributed by atoms with Crippen LogP contribution in [0.15, 0.2) is 22.9 Å². The molecule has 0 aromatic carbocycles. The fourth-order valence-corrected chi connectivity index (χ4v) is 3.27. The molecule has 2 rings (SSSR count). The number of thiophene rings is 2. The van der Waals surface area contributed by atoms with Crippen LogP contribution in [0.3, 0.4) is 0 Å². The third-order valence-corrected chi connectivity index (χ3v) is 4.05. The zero-order chi connectivity index (χ0) is 10.8.